The highest BCUT2D eigenvalue weighted by Crippen LogP contribution is 2.35. The van der Waals surface area contributed by atoms with Crippen LogP contribution in [0.5, 0.6) is 5.75 Å². The Bertz CT molecular complexity index is 1180. The first-order valence-corrected chi connectivity index (χ1v) is 9.90. The van der Waals surface area contributed by atoms with Crippen molar-refractivity contribution in [3.05, 3.63) is 46.6 Å². The van der Waals surface area contributed by atoms with Crippen molar-refractivity contribution in [2.24, 2.45) is 7.05 Å². The molecule has 3 aromatic rings. The van der Waals surface area contributed by atoms with Gasteiger partial charge in [-0.05, 0) is 25.0 Å². The number of aromatic nitrogens is 4. The smallest absolute Gasteiger partial charge is 0.350 e. The van der Waals surface area contributed by atoms with E-state index >= 15 is 0 Å². The van der Waals surface area contributed by atoms with Gasteiger partial charge >= 0.3 is 5.69 Å². The molecule has 5 heterocycles. The number of piperidine rings is 1. The van der Waals surface area contributed by atoms with Crippen LogP contribution in [0.1, 0.15) is 23.2 Å². The fraction of sp³-hybridized carbons (Fsp3) is 0.400. The van der Waals surface area contributed by atoms with Gasteiger partial charge in [-0.2, -0.15) is 5.10 Å². The number of likely N-dealkylation sites (tertiary alicyclic amines) is 1. The number of ether oxygens (including phenoxy) is 1. The lowest BCUT2D eigenvalue weighted by Crippen LogP contribution is -2.39. The molecule has 5 rings (SSSR count). The molecule has 0 atom stereocenters. The third-order valence-electron chi connectivity index (χ3n) is 5.58. The maximum Gasteiger partial charge on any atom is 0.350 e. The summed E-state index contributed by atoms with van der Waals surface area (Å²) in [7, 11) is 1.61. The number of rotatable bonds is 2. The van der Waals surface area contributed by atoms with Crippen molar-refractivity contribution in [2.45, 2.75) is 19.0 Å². The van der Waals surface area contributed by atoms with Crippen LogP contribution in [0.15, 0.2) is 35.4 Å². The molecule has 1 fully saturated rings. The minimum Gasteiger partial charge on any atom is -0.488 e. The monoisotopic (exact) mass is 412 g/mol. The van der Waals surface area contributed by atoms with Gasteiger partial charge in [0.2, 0.25) is 0 Å². The van der Waals surface area contributed by atoms with Gasteiger partial charge in [-0.25, -0.2) is 18.9 Å². The Morgan fingerprint density at radius 1 is 1.23 bits per heavy atom. The molecule has 0 unspecified atom stereocenters. The number of fused-ring (bicyclic) bond motifs is 2. The van der Waals surface area contributed by atoms with E-state index in [-0.39, 0.29) is 11.6 Å². The van der Waals surface area contributed by atoms with Crippen LogP contribution in [-0.4, -0.2) is 62.4 Å². The number of nitrogens with zero attached hydrogens (tertiary/aromatic N) is 6. The Morgan fingerprint density at radius 3 is 2.83 bits per heavy atom. The second-order valence-corrected chi connectivity index (χ2v) is 7.53. The lowest BCUT2D eigenvalue weighted by molar-refractivity contribution is 0.0666. The van der Waals surface area contributed by atoms with Gasteiger partial charge in [-0.1, -0.05) is 0 Å². The normalized spacial score (nSPS) is 17.1. The van der Waals surface area contributed by atoms with E-state index in [2.05, 4.69) is 10.1 Å². The van der Waals surface area contributed by atoms with Crippen LogP contribution < -0.4 is 15.3 Å². The van der Waals surface area contributed by atoms with E-state index < -0.39 is 6.17 Å². The van der Waals surface area contributed by atoms with Gasteiger partial charge in [0.25, 0.3) is 5.91 Å². The van der Waals surface area contributed by atoms with E-state index in [4.69, 9.17) is 4.74 Å². The van der Waals surface area contributed by atoms with Crippen LogP contribution in [-0.2, 0) is 7.05 Å². The summed E-state index contributed by atoms with van der Waals surface area (Å²) in [5, 5.41) is 4.23. The van der Waals surface area contributed by atoms with Crippen molar-refractivity contribution in [1.29, 1.82) is 0 Å². The second-order valence-electron chi connectivity index (χ2n) is 7.53. The van der Waals surface area contributed by atoms with Gasteiger partial charge < -0.3 is 14.5 Å². The highest BCUT2D eigenvalue weighted by molar-refractivity contribution is 5.95. The molecule has 2 aliphatic heterocycles. The Balaban J connectivity index is 1.45. The van der Waals surface area contributed by atoms with Gasteiger partial charge in [-0.15, -0.1) is 0 Å². The molecule has 2 aliphatic rings. The van der Waals surface area contributed by atoms with E-state index in [0.29, 0.717) is 61.9 Å². The van der Waals surface area contributed by atoms with E-state index in [1.54, 1.807) is 24.2 Å². The number of hydrogen-bond donors (Lipinski definition) is 0. The minimum atomic E-state index is -0.833. The molecule has 9 nitrogen and oxygen atoms in total. The molecule has 0 aromatic carbocycles. The second kappa shape index (κ2) is 7.12. The van der Waals surface area contributed by atoms with Crippen molar-refractivity contribution in [3.63, 3.8) is 0 Å². The van der Waals surface area contributed by atoms with Gasteiger partial charge in [0, 0.05) is 44.3 Å². The first-order valence-electron chi connectivity index (χ1n) is 9.90. The summed E-state index contributed by atoms with van der Waals surface area (Å²) in [6.45, 7) is 1.82. The minimum absolute atomic E-state index is 0.160. The van der Waals surface area contributed by atoms with Crippen LogP contribution >= 0.6 is 0 Å². The zero-order valence-corrected chi connectivity index (χ0v) is 16.5. The van der Waals surface area contributed by atoms with Gasteiger partial charge in [0.05, 0.1) is 12.1 Å². The number of anilines is 2. The molecule has 0 aliphatic carbocycles. The topological polar surface area (TPSA) is 85.0 Å². The Morgan fingerprint density at radius 2 is 2.03 bits per heavy atom. The molecular formula is C20H21FN6O3. The SMILES string of the molecule is Cn1nc2cc(N3CCOc4cc(C(=O)N5CCC(F)CC5)cnc43)ccn2c1=O. The fourth-order valence-electron chi connectivity index (χ4n) is 3.94. The van der Waals surface area contributed by atoms with Crippen LogP contribution in [0, 0.1) is 0 Å². The van der Waals surface area contributed by atoms with Gasteiger partial charge in [0.1, 0.15) is 12.8 Å². The number of amides is 1. The number of alkyl halides is 1. The number of aryl methyl sites for hydroxylation is 1. The average molecular weight is 412 g/mol. The fourth-order valence-corrected chi connectivity index (χ4v) is 3.94. The number of carbonyl (C=O) groups excluding carboxylic acids is 1. The first kappa shape index (κ1) is 18.6. The number of hydrogen-bond acceptors (Lipinski definition) is 6. The number of halogens is 1. The van der Waals surface area contributed by atoms with E-state index in [1.165, 1.54) is 15.3 Å². The summed E-state index contributed by atoms with van der Waals surface area (Å²) in [5.74, 6) is 0.959. The molecule has 1 saturated heterocycles. The zero-order chi connectivity index (χ0) is 20.8. The highest BCUT2D eigenvalue weighted by Gasteiger charge is 2.27. The molecule has 0 radical (unpaired) electrons. The first-order chi connectivity index (χ1) is 14.5. The van der Waals surface area contributed by atoms with Crippen LogP contribution in [0.2, 0.25) is 0 Å². The van der Waals surface area contributed by atoms with Crippen molar-refractivity contribution < 1.29 is 13.9 Å². The van der Waals surface area contributed by atoms with Crippen LogP contribution in [0.25, 0.3) is 5.65 Å². The molecular weight excluding hydrogens is 391 g/mol. The Labute approximate surface area is 171 Å². The summed E-state index contributed by atoms with van der Waals surface area (Å²) in [4.78, 5) is 32.9. The quantitative estimate of drug-likeness (QED) is 0.635. The summed E-state index contributed by atoms with van der Waals surface area (Å²) in [5.41, 5.74) is 1.59. The van der Waals surface area contributed by atoms with Crippen LogP contribution in [0.4, 0.5) is 15.9 Å². The molecule has 0 spiro atoms. The predicted molar refractivity (Wildman–Crippen MR) is 107 cm³/mol. The third-order valence-corrected chi connectivity index (χ3v) is 5.58. The number of pyridine rings is 2. The summed E-state index contributed by atoms with van der Waals surface area (Å²) < 4.78 is 21.9. The Kier molecular flexibility index (Phi) is 4.41. The highest BCUT2D eigenvalue weighted by atomic mass is 19.1. The van der Waals surface area contributed by atoms with Crippen molar-refractivity contribution in [3.8, 4) is 5.75 Å². The van der Waals surface area contributed by atoms with E-state index in [9.17, 15) is 14.0 Å². The maximum absolute atomic E-state index is 13.4. The molecule has 30 heavy (non-hydrogen) atoms. The van der Waals surface area contributed by atoms with Gasteiger partial charge in [-0.3, -0.25) is 9.20 Å². The standard InChI is InChI=1S/C20H21FN6O3/c1-24-20(29)27-7-4-15(11-17(27)23-24)26-8-9-30-16-10-13(12-22-18(16)26)19(28)25-5-2-14(21)3-6-25/h4,7,10-12,14H,2-3,5-6,8-9H2,1H3. The Hall–Kier alpha value is -3.43. The average Bonchev–Trinajstić information content (AvgIpc) is 3.06. The molecule has 0 N–H and O–H groups in total. The van der Waals surface area contributed by atoms with E-state index in [1.807, 2.05) is 17.0 Å². The van der Waals surface area contributed by atoms with Crippen molar-refractivity contribution in [1.82, 2.24) is 24.1 Å². The summed E-state index contributed by atoms with van der Waals surface area (Å²) in [6, 6.07) is 5.34. The lowest BCUT2D eigenvalue weighted by atomic mass is 10.1. The molecule has 1 amide bonds. The predicted octanol–water partition coefficient (Wildman–Crippen LogP) is 1.53. The van der Waals surface area contributed by atoms with E-state index in [0.717, 1.165) is 5.69 Å². The maximum atomic E-state index is 13.4. The number of carbonyl (C=O) groups is 1. The largest absolute Gasteiger partial charge is 0.488 e. The molecule has 0 saturated carbocycles. The van der Waals surface area contributed by atoms with Gasteiger partial charge in [0.15, 0.2) is 17.2 Å². The molecule has 156 valence electrons. The van der Waals surface area contributed by atoms with Crippen LogP contribution in [0.3, 0.4) is 0 Å². The molecule has 10 heteroatoms. The summed E-state index contributed by atoms with van der Waals surface area (Å²) in [6.07, 6.45) is 3.12. The van der Waals surface area contributed by atoms with Crippen molar-refractivity contribution in [2.75, 3.05) is 31.1 Å². The molecule has 0 bridgehead atoms. The molecule has 3 aromatic heterocycles. The lowest BCUT2D eigenvalue weighted by Gasteiger charge is -2.31. The zero-order valence-electron chi connectivity index (χ0n) is 16.5. The third kappa shape index (κ3) is 3.08. The summed E-state index contributed by atoms with van der Waals surface area (Å²) >= 11 is 0. The van der Waals surface area contributed by atoms with Crippen molar-refractivity contribution >= 4 is 23.1 Å².